The van der Waals surface area contributed by atoms with Gasteiger partial charge in [0.1, 0.15) is 0 Å². The summed E-state index contributed by atoms with van der Waals surface area (Å²) >= 11 is 2.00. The summed E-state index contributed by atoms with van der Waals surface area (Å²) in [6, 6.07) is 9.49. The van der Waals surface area contributed by atoms with E-state index in [1.807, 2.05) is 11.8 Å². The highest BCUT2D eigenvalue weighted by molar-refractivity contribution is 7.99. The van der Waals surface area contributed by atoms with Crippen LogP contribution in [-0.2, 0) is 0 Å². The maximum atomic E-state index is 3.62. The van der Waals surface area contributed by atoms with E-state index in [0.717, 1.165) is 13.1 Å². The number of hydrogen-bond donors (Lipinski definition) is 1. The second-order valence-electron chi connectivity index (χ2n) is 5.68. The van der Waals surface area contributed by atoms with Crippen LogP contribution in [0.2, 0.25) is 0 Å². The van der Waals surface area contributed by atoms with E-state index in [-0.39, 0.29) is 0 Å². The Bertz CT molecular complexity index is 392. The molecule has 2 rings (SSSR count). The van der Waals surface area contributed by atoms with Crippen molar-refractivity contribution < 1.29 is 0 Å². The van der Waals surface area contributed by atoms with Crippen LogP contribution in [0.15, 0.2) is 29.2 Å². The van der Waals surface area contributed by atoms with Crippen LogP contribution in [0, 0.1) is 0 Å². The Morgan fingerprint density at radius 3 is 2.95 bits per heavy atom. The van der Waals surface area contributed by atoms with Crippen LogP contribution in [0.5, 0.6) is 0 Å². The van der Waals surface area contributed by atoms with Crippen LogP contribution in [0.3, 0.4) is 0 Å². The third-order valence-electron chi connectivity index (χ3n) is 3.94. The number of hydrogen-bond acceptors (Lipinski definition) is 3. The van der Waals surface area contributed by atoms with E-state index in [4.69, 9.17) is 0 Å². The van der Waals surface area contributed by atoms with E-state index >= 15 is 0 Å². The van der Waals surface area contributed by atoms with E-state index in [1.54, 1.807) is 5.56 Å². The molecule has 0 saturated heterocycles. The highest BCUT2D eigenvalue weighted by Crippen LogP contribution is 2.38. The van der Waals surface area contributed by atoms with Gasteiger partial charge in [-0.15, -0.1) is 11.8 Å². The van der Waals surface area contributed by atoms with Crippen molar-refractivity contribution in [1.82, 2.24) is 10.2 Å². The fraction of sp³-hybridized carbons (Fsp3) is 0.625. The molecule has 19 heavy (non-hydrogen) atoms. The van der Waals surface area contributed by atoms with Crippen molar-refractivity contribution in [3.05, 3.63) is 29.8 Å². The van der Waals surface area contributed by atoms with Gasteiger partial charge in [0.25, 0.3) is 0 Å². The molecule has 1 unspecified atom stereocenters. The first-order valence-corrected chi connectivity index (χ1v) is 8.29. The Morgan fingerprint density at radius 2 is 2.16 bits per heavy atom. The number of rotatable bonds is 7. The lowest BCUT2D eigenvalue weighted by Crippen LogP contribution is -2.30. The van der Waals surface area contributed by atoms with Gasteiger partial charge < -0.3 is 10.2 Å². The maximum Gasteiger partial charge on any atom is 0.0108 e. The fourth-order valence-electron chi connectivity index (χ4n) is 2.39. The molecule has 1 heterocycles. The highest BCUT2D eigenvalue weighted by atomic mass is 32.2. The van der Waals surface area contributed by atoms with Crippen LogP contribution in [0.25, 0.3) is 0 Å². The lowest BCUT2D eigenvalue weighted by atomic mass is 10.0. The van der Waals surface area contributed by atoms with Gasteiger partial charge in [0, 0.05) is 29.2 Å². The van der Waals surface area contributed by atoms with Gasteiger partial charge in [-0.3, -0.25) is 0 Å². The number of benzene rings is 1. The van der Waals surface area contributed by atoms with E-state index in [1.165, 1.54) is 23.6 Å². The molecular weight excluding hydrogens is 252 g/mol. The smallest absolute Gasteiger partial charge is 0.0108 e. The van der Waals surface area contributed by atoms with Crippen LogP contribution in [0.1, 0.15) is 31.7 Å². The number of nitrogens with one attached hydrogen (secondary N) is 1. The quantitative estimate of drug-likeness (QED) is 0.771. The van der Waals surface area contributed by atoms with E-state index in [9.17, 15) is 0 Å². The summed E-state index contributed by atoms with van der Waals surface area (Å²) in [5.74, 6) is 1.93. The van der Waals surface area contributed by atoms with Gasteiger partial charge in [0.2, 0.25) is 0 Å². The van der Waals surface area contributed by atoms with Crippen LogP contribution < -0.4 is 5.32 Å². The van der Waals surface area contributed by atoms with E-state index in [2.05, 4.69) is 55.4 Å². The van der Waals surface area contributed by atoms with E-state index < -0.39 is 0 Å². The Balaban J connectivity index is 1.65. The molecule has 1 aliphatic rings. The van der Waals surface area contributed by atoms with Gasteiger partial charge in [0.15, 0.2) is 0 Å². The Kier molecular flexibility index (Phi) is 5.74. The summed E-state index contributed by atoms with van der Waals surface area (Å²) in [6.07, 6.45) is 1.23. The molecule has 0 saturated carbocycles. The zero-order valence-electron chi connectivity index (χ0n) is 12.4. The lowest BCUT2D eigenvalue weighted by molar-refractivity contribution is 0.269. The normalized spacial score (nSPS) is 18.3. The average Bonchev–Trinajstić information content (AvgIpc) is 2.81. The van der Waals surface area contributed by atoms with Crippen molar-refractivity contribution in [1.29, 1.82) is 0 Å². The maximum absolute atomic E-state index is 3.62. The average molecular weight is 278 g/mol. The van der Waals surface area contributed by atoms with Gasteiger partial charge in [-0.05, 0) is 52.0 Å². The lowest BCUT2D eigenvalue weighted by Gasteiger charge is -2.21. The first kappa shape index (κ1) is 14.9. The summed E-state index contributed by atoms with van der Waals surface area (Å²) in [6.45, 7) is 7.93. The zero-order valence-corrected chi connectivity index (χ0v) is 13.2. The van der Waals surface area contributed by atoms with Gasteiger partial charge >= 0.3 is 0 Å². The Morgan fingerprint density at radius 1 is 1.37 bits per heavy atom. The van der Waals surface area contributed by atoms with Crippen LogP contribution in [0.4, 0.5) is 0 Å². The topological polar surface area (TPSA) is 15.3 Å². The molecule has 2 nitrogen and oxygen atoms in total. The Hall–Kier alpha value is -0.510. The summed E-state index contributed by atoms with van der Waals surface area (Å²) in [5.41, 5.74) is 1.54. The molecule has 106 valence electrons. The monoisotopic (exact) mass is 278 g/mol. The molecule has 1 aromatic rings. The van der Waals surface area contributed by atoms with Crippen molar-refractivity contribution in [2.45, 2.75) is 37.1 Å². The third-order valence-corrected chi connectivity index (χ3v) is 5.19. The molecule has 3 heteroatoms. The molecule has 0 aliphatic carbocycles. The first-order chi connectivity index (χ1) is 9.18. The number of thioether (sulfide) groups is 1. The summed E-state index contributed by atoms with van der Waals surface area (Å²) in [7, 11) is 2.20. The largest absolute Gasteiger partial charge is 0.316 e. The molecule has 0 amide bonds. The van der Waals surface area contributed by atoms with Crippen LogP contribution >= 0.6 is 11.8 Å². The van der Waals surface area contributed by atoms with Crippen molar-refractivity contribution >= 4 is 11.8 Å². The van der Waals surface area contributed by atoms with Gasteiger partial charge in [-0.1, -0.05) is 18.2 Å². The second kappa shape index (κ2) is 7.32. The molecule has 0 fully saturated rings. The minimum absolute atomic E-state index is 0.651. The second-order valence-corrected chi connectivity index (χ2v) is 6.74. The number of nitrogens with zero attached hydrogens (tertiary/aromatic N) is 1. The van der Waals surface area contributed by atoms with Crippen LogP contribution in [-0.4, -0.2) is 43.4 Å². The molecule has 0 bridgehead atoms. The van der Waals surface area contributed by atoms with Gasteiger partial charge in [-0.2, -0.15) is 0 Å². The predicted octanol–water partition coefficient (Wildman–Crippen LogP) is 3.20. The highest BCUT2D eigenvalue weighted by Gasteiger charge is 2.21. The van der Waals surface area contributed by atoms with E-state index in [0.29, 0.717) is 12.0 Å². The third kappa shape index (κ3) is 4.23. The first-order valence-electron chi connectivity index (χ1n) is 7.31. The number of fused-ring (bicyclic) bond motifs is 1. The molecule has 0 spiro atoms. The van der Waals surface area contributed by atoms with Gasteiger partial charge in [0.05, 0.1) is 0 Å². The van der Waals surface area contributed by atoms with Crippen molar-refractivity contribution in [2.24, 2.45) is 0 Å². The van der Waals surface area contributed by atoms with Gasteiger partial charge in [-0.25, -0.2) is 0 Å². The Labute approximate surface area is 122 Å². The molecule has 1 N–H and O–H groups in total. The van der Waals surface area contributed by atoms with Crippen molar-refractivity contribution in [3.8, 4) is 0 Å². The summed E-state index contributed by atoms with van der Waals surface area (Å²) in [4.78, 5) is 3.89. The SMILES string of the molecule is CC(C)N(C)CCCNCC1CSc2ccccc21. The van der Waals surface area contributed by atoms with Crippen molar-refractivity contribution in [3.63, 3.8) is 0 Å². The standard InChI is InChI=1S/C16H26N2S/c1-13(2)18(3)10-6-9-17-11-14-12-19-16-8-5-4-7-15(14)16/h4-5,7-8,13-14,17H,6,9-12H2,1-3H3. The molecule has 0 aromatic heterocycles. The molecule has 1 aliphatic heterocycles. The molecule has 1 atom stereocenters. The minimum atomic E-state index is 0.651. The molecule has 0 radical (unpaired) electrons. The fourth-order valence-corrected chi connectivity index (χ4v) is 3.64. The van der Waals surface area contributed by atoms with Crippen molar-refractivity contribution in [2.75, 3.05) is 32.4 Å². The summed E-state index contributed by atoms with van der Waals surface area (Å²) in [5, 5.41) is 3.62. The zero-order chi connectivity index (χ0) is 13.7. The molecule has 1 aromatic carbocycles. The molecular formula is C16H26N2S. The predicted molar refractivity (Wildman–Crippen MR) is 85.2 cm³/mol. The summed E-state index contributed by atoms with van der Waals surface area (Å²) < 4.78 is 0. The minimum Gasteiger partial charge on any atom is -0.316 e.